The minimum absolute atomic E-state index is 0.136. The van der Waals surface area contributed by atoms with Crippen LogP contribution in [0.2, 0.25) is 0 Å². The number of terminal acetylenes is 1. The third kappa shape index (κ3) is 4.92. The third-order valence-electron chi connectivity index (χ3n) is 5.84. The van der Waals surface area contributed by atoms with Gasteiger partial charge in [0.25, 0.3) is 0 Å². The largest absolute Gasteiger partial charge is 0.351 e. The van der Waals surface area contributed by atoms with Crippen molar-refractivity contribution in [3.63, 3.8) is 0 Å². The summed E-state index contributed by atoms with van der Waals surface area (Å²) in [5.74, 6) is 1.51. The molecule has 1 unspecified atom stereocenters. The van der Waals surface area contributed by atoms with Crippen LogP contribution >= 0.6 is 11.3 Å². The highest BCUT2D eigenvalue weighted by Crippen LogP contribution is 2.33. The van der Waals surface area contributed by atoms with Gasteiger partial charge in [0.05, 0.1) is 0 Å². The maximum atomic E-state index is 13.5. The fraction of sp³-hybridized carbons (Fsp3) is 0.259. The maximum Gasteiger partial charge on any atom is 0.303 e. The molecule has 1 N–H and O–H groups in total. The van der Waals surface area contributed by atoms with Crippen LogP contribution in [-0.2, 0) is 9.59 Å². The number of rotatable bonds is 6. The van der Waals surface area contributed by atoms with Gasteiger partial charge in [0.15, 0.2) is 6.04 Å². The van der Waals surface area contributed by atoms with Crippen molar-refractivity contribution in [2.24, 2.45) is 0 Å². The molecule has 1 saturated carbocycles. The molecule has 1 aromatic heterocycles. The summed E-state index contributed by atoms with van der Waals surface area (Å²) < 4.78 is 0. The van der Waals surface area contributed by atoms with E-state index in [1.54, 1.807) is 0 Å². The van der Waals surface area contributed by atoms with Crippen LogP contribution in [0.3, 0.4) is 0 Å². The van der Waals surface area contributed by atoms with Gasteiger partial charge in [-0.15, -0.1) is 17.8 Å². The van der Waals surface area contributed by atoms with Gasteiger partial charge in [-0.25, -0.2) is 0 Å². The summed E-state index contributed by atoms with van der Waals surface area (Å²) in [6, 6.07) is 20.6. The average Bonchev–Trinajstić information content (AvgIpc) is 3.37. The third-order valence-corrected chi connectivity index (χ3v) is 6.77. The van der Waals surface area contributed by atoms with Gasteiger partial charge in [-0.05, 0) is 53.5 Å². The lowest BCUT2D eigenvalue weighted by molar-refractivity contribution is -0.125. The molecule has 2 aromatic carbocycles. The summed E-state index contributed by atoms with van der Waals surface area (Å²) in [7, 11) is 0. The molecule has 1 atom stereocenters. The van der Waals surface area contributed by atoms with E-state index >= 15 is 0 Å². The van der Waals surface area contributed by atoms with E-state index in [4.69, 9.17) is 6.42 Å². The normalized spacial score (nSPS) is 14.8. The van der Waals surface area contributed by atoms with Crippen molar-refractivity contribution in [3.05, 3.63) is 77.0 Å². The molecule has 0 radical (unpaired) electrons. The number of amides is 2. The van der Waals surface area contributed by atoms with Gasteiger partial charge in [0.1, 0.15) is 0 Å². The lowest BCUT2D eigenvalue weighted by atomic mass is 9.95. The van der Waals surface area contributed by atoms with Crippen LogP contribution < -0.4 is 10.2 Å². The zero-order valence-corrected chi connectivity index (χ0v) is 18.7. The second-order valence-electron chi connectivity index (χ2n) is 8.00. The van der Waals surface area contributed by atoms with Gasteiger partial charge < -0.3 is 5.32 Å². The Balaban J connectivity index is 1.73. The second kappa shape index (κ2) is 10.3. The van der Waals surface area contributed by atoms with Crippen LogP contribution in [-0.4, -0.2) is 17.9 Å². The SMILES string of the molecule is C#CC(=O)N(c1cccc(-c2ccccc2)c1)C(C(=O)NC1CCCCC1)c1cccs1. The van der Waals surface area contributed by atoms with Crippen molar-refractivity contribution in [2.75, 3.05) is 4.90 Å². The molecule has 162 valence electrons. The molecule has 0 aliphatic heterocycles. The molecule has 4 rings (SSSR count). The lowest BCUT2D eigenvalue weighted by Gasteiger charge is -2.31. The minimum atomic E-state index is -0.813. The quantitative estimate of drug-likeness (QED) is 0.507. The molecule has 1 aliphatic carbocycles. The number of benzene rings is 2. The molecule has 4 nitrogen and oxygen atoms in total. The van der Waals surface area contributed by atoms with Crippen LogP contribution in [0.25, 0.3) is 11.1 Å². The highest BCUT2D eigenvalue weighted by atomic mass is 32.1. The number of anilines is 1. The van der Waals surface area contributed by atoms with E-state index in [2.05, 4.69) is 11.2 Å². The molecule has 3 aromatic rings. The Morgan fingerprint density at radius 2 is 1.72 bits per heavy atom. The number of nitrogens with zero attached hydrogens (tertiary/aromatic N) is 1. The molecule has 1 fully saturated rings. The number of carbonyl (C=O) groups excluding carboxylic acids is 2. The summed E-state index contributed by atoms with van der Waals surface area (Å²) in [4.78, 5) is 28.8. The smallest absolute Gasteiger partial charge is 0.303 e. The summed E-state index contributed by atoms with van der Waals surface area (Å²) in [5.41, 5.74) is 2.59. The Morgan fingerprint density at radius 1 is 0.969 bits per heavy atom. The van der Waals surface area contributed by atoms with E-state index < -0.39 is 11.9 Å². The lowest BCUT2D eigenvalue weighted by Crippen LogP contribution is -2.46. The summed E-state index contributed by atoms with van der Waals surface area (Å²) in [6.45, 7) is 0. The first kappa shape index (κ1) is 21.9. The predicted molar refractivity (Wildman–Crippen MR) is 130 cm³/mol. The molecule has 2 amide bonds. The number of carbonyl (C=O) groups is 2. The Labute approximate surface area is 193 Å². The van der Waals surface area contributed by atoms with Crippen LogP contribution in [0.1, 0.15) is 43.0 Å². The Kier molecular flexibility index (Phi) is 7.03. The summed E-state index contributed by atoms with van der Waals surface area (Å²) in [5, 5.41) is 5.10. The van der Waals surface area contributed by atoms with Crippen LogP contribution in [0, 0.1) is 12.3 Å². The number of thiophene rings is 1. The molecule has 0 bridgehead atoms. The van der Waals surface area contributed by atoms with Gasteiger partial charge in [-0.2, -0.15) is 0 Å². The molecule has 0 saturated heterocycles. The zero-order valence-electron chi connectivity index (χ0n) is 17.9. The van der Waals surface area contributed by atoms with E-state index in [9.17, 15) is 9.59 Å². The van der Waals surface area contributed by atoms with Crippen molar-refractivity contribution < 1.29 is 9.59 Å². The number of hydrogen-bond acceptors (Lipinski definition) is 3. The molecular formula is C27H26N2O2S. The van der Waals surface area contributed by atoms with E-state index in [1.165, 1.54) is 22.7 Å². The van der Waals surface area contributed by atoms with Crippen molar-refractivity contribution in [2.45, 2.75) is 44.2 Å². The number of hydrogen-bond donors (Lipinski definition) is 1. The number of nitrogens with one attached hydrogen (secondary N) is 1. The minimum Gasteiger partial charge on any atom is -0.351 e. The highest BCUT2D eigenvalue weighted by molar-refractivity contribution is 7.10. The van der Waals surface area contributed by atoms with Crippen molar-refractivity contribution in [1.82, 2.24) is 5.32 Å². The first-order valence-electron chi connectivity index (χ1n) is 11.0. The van der Waals surface area contributed by atoms with Gasteiger partial charge in [-0.1, -0.05) is 67.8 Å². The summed E-state index contributed by atoms with van der Waals surface area (Å²) >= 11 is 1.45. The molecular weight excluding hydrogens is 416 g/mol. The van der Waals surface area contributed by atoms with Crippen molar-refractivity contribution in [1.29, 1.82) is 0 Å². The average molecular weight is 443 g/mol. The Morgan fingerprint density at radius 3 is 2.41 bits per heavy atom. The zero-order chi connectivity index (χ0) is 22.3. The fourth-order valence-corrected chi connectivity index (χ4v) is 5.08. The van der Waals surface area contributed by atoms with E-state index in [1.807, 2.05) is 72.1 Å². The molecule has 32 heavy (non-hydrogen) atoms. The van der Waals surface area contributed by atoms with Crippen molar-refractivity contribution >= 4 is 28.8 Å². The summed E-state index contributed by atoms with van der Waals surface area (Å²) in [6.07, 6.45) is 10.9. The van der Waals surface area contributed by atoms with Gasteiger partial charge in [0, 0.05) is 16.6 Å². The first-order chi connectivity index (χ1) is 15.7. The predicted octanol–water partition coefficient (Wildman–Crippen LogP) is 5.57. The maximum absolute atomic E-state index is 13.5. The standard InChI is InChI=1S/C27H26N2O2S/c1-2-25(30)29(23-16-9-13-21(19-23)20-11-5-3-6-12-20)26(24-17-10-18-32-24)27(31)28-22-14-7-4-8-15-22/h1,3,5-6,9-13,16-19,22,26H,4,7-8,14-15H2,(H,28,31). The second-order valence-corrected chi connectivity index (χ2v) is 8.98. The van der Waals surface area contributed by atoms with E-state index in [0.717, 1.165) is 41.7 Å². The van der Waals surface area contributed by atoms with Gasteiger partial charge >= 0.3 is 5.91 Å². The fourth-order valence-electron chi connectivity index (χ4n) is 4.27. The Bertz CT molecular complexity index is 1100. The molecule has 5 heteroatoms. The van der Waals surface area contributed by atoms with Gasteiger partial charge in [-0.3, -0.25) is 14.5 Å². The van der Waals surface area contributed by atoms with Crippen LogP contribution in [0.4, 0.5) is 5.69 Å². The van der Waals surface area contributed by atoms with Crippen molar-refractivity contribution in [3.8, 4) is 23.5 Å². The first-order valence-corrected chi connectivity index (χ1v) is 11.8. The van der Waals surface area contributed by atoms with E-state index in [0.29, 0.717) is 5.69 Å². The molecule has 0 spiro atoms. The monoisotopic (exact) mass is 442 g/mol. The topological polar surface area (TPSA) is 49.4 Å². The van der Waals surface area contributed by atoms with Gasteiger partial charge in [0.2, 0.25) is 5.91 Å². The van der Waals surface area contributed by atoms with Crippen LogP contribution in [0.5, 0.6) is 0 Å². The highest BCUT2D eigenvalue weighted by Gasteiger charge is 2.34. The van der Waals surface area contributed by atoms with Crippen LogP contribution in [0.15, 0.2) is 72.1 Å². The van der Waals surface area contributed by atoms with E-state index in [-0.39, 0.29) is 11.9 Å². The Hall–Kier alpha value is -3.36. The molecule has 1 heterocycles. The molecule has 1 aliphatic rings.